The summed E-state index contributed by atoms with van der Waals surface area (Å²) in [5, 5.41) is 10.6. The van der Waals surface area contributed by atoms with Crippen LogP contribution in [0.3, 0.4) is 0 Å². The number of rotatable bonds is 3. The lowest BCUT2D eigenvalue weighted by Gasteiger charge is -2.14. The SMILES string of the molecule is O=[N+]([O-])c1cc(C(F)(F)F)cc(S(=O)(=O)Cl)c1OC(F)(F)F. The summed E-state index contributed by atoms with van der Waals surface area (Å²) in [5.41, 5.74) is -3.74. The monoisotopic (exact) mass is 373 g/mol. The minimum atomic E-state index is -5.60. The van der Waals surface area contributed by atoms with Crippen LogP contribution in [0.15, 0.2) is 17.0 Å². The predicted octanol–water partition coefficient (Wildman–Crippen LogP) is 3.44. The highest BCUT2D eigenvalue weighted by Gasteiger charge is 2.42. The van der Waals surface area contributed by atoms with Crippen molar-refractivity contribution < 1.29 is 44.4 Å². The number of alkyl halides is 6. The summed E-state index contributed by atoms with van der Waals surface area (Å²) in [4.78, 5) is 7.13. The van der Waals surface area contributed by atoms with E-state index in [0.717, 1.165) is 0 Å². The maximum Gasteiger partial charge on any atom is 0.573 e. The Morgan fingerprint density at radius 2 is 1.64 bits per heavy atom. The van der Waals surface area contributed by atoms with Crippen molar-refractivity contribution in [3.05, 3.63) is 27.8 Å². The molecule has 124 valence electrons. The molecule has 0 aliphatic rings. The minimum Gasteiger partial charge on any atom is -0.397 e. The van der Waals surface area contributed by atoms with E-state index < -0.39 is 48.4 Å². The van der Waals surface area contributed by atoms with Crippen LogP contribution in [0.2, 0.25) is 0 Å². The van der Waals surface area contributed by atoms with Gasteiger partial charge in [-0.25, -0.2) is 8.42 Å². The van der Waals surface area contributed by atoms with E-state index in [1.54, 1.807) is 0 Å². The van der Waals surface area contributed by atoms with Gasteiger partial charge in [-0.15, -0.1) is 13.2 Å². The number of ether oxygens (including phenoxy) is 1. The maximum absolute atomic E-state index is 12.5. The highest BCUT2D eigenvalue weighted by molar-refractivity contribution is 8.13. The number of hydrogen-bond donors (Lipinski definition) is 0. The first-order valence-corrected chi connectivity index (χ1v) is 7.04. The Labute approximate surface area is 121 Å². The van der Waals surface area contributed by atoms with Gasteiger partial charge in [0.25, 0.3) is 9.05 Å². The van der Waals surface area contributed by atoms with Crippen LogP contribution in [0.1, 0.15) is 5.56 Å². The maximum atomic E-state index is 12.5. The van der Waals surface area contributed by atoms with E-state index in [1.165, 1.54) is 0 Å². The van der Waals surface area contributed by atoms with Gasteiger partial charge in [-0.05, 0) is 6.07 Å². The highest BCUT2D eigenvalue weighted by atomic mass is 35.7. The van der Waals surface area contributed by atoms with Crippen LogP contribution >= 0.6 is 10.7 Å². The van der Waals surface area contributed by atoms with E-state index in [4.69, 9.17) is 10.7 Å². The molecule has 1 rings (SSSR count). The Balaban J connectivity index is 3.83. The Kier molecular flexibility index (Phi) is 4.54. The third-order valence-electron chi connectivity index (χ3n) is 2.04. The standard InChI is InChI=1S/C8H2ClF6NO5S/c9-22(19,20)5-2-3(7(10,11)12)1-4(16(17)18)6(5)21-8(13,14)15/h1-2H. The zero-order valence-corrected chi connectivity index (χ0v) is 11.3. The van der Waals surface area contributed by atoms with Gasteiger partial charge in [0.2, 0.25) is 5.75 Å². The van der Waals surface area contributed by atoms with Crippen molar-refractivity contribution in [3.8, 4) is 5.75 Å². The molecule has 0 fully saturated rings. The lowest BCUT2D eigenvalue weighted by atomic mass is 10.2. The smallest absolute Gasteiger partial charge is 0.397 e. The fraction of sp³-hybridized carbons (Fsp3) is 0.250. The molecular weight excluding hydrogens is 372 g/mol. The summed E-state index contributed by atoms with van der Waals surface area (Å²) in [5.74, 6) is -1.96. The lowest BCUT2D eigenvalue weighted by molar-refractivity contribution is -0.389. The van der Waals surface area contributed by atoms with Crippen molar-refractivity contribution in [2.75, 3.05) is 0 Å². The Bertz CT molecular complexity index is 713. The molecule has 0 amide bonds. The van der Waals surface area contributed by atoms with Crippen LogP contribution in [0, 0.1) is 10.1 Å². The first kappa shape index (κ1) is 18.3. The van der Waals surface area contributed by atoms with Crippen molar-refractivity contribution in [2.45, 2.75) is 17.4 Å². The zero-order valence-electron chi connectivity index (χ0n) is 9.70. The summed E-state index contributed by atoms with van der Waals surface area (Å²) in [6.07, 6.45) is -10.9. The van der Waals surface area contributed by atoms with Crippen LogP contribution in [0.5, 0.6) is 5.75 Å². The van der Waals surface area contributed by atoms with Gasteiger partial charge in [0.05, 0.1) is 10.5 Å². The first-order valence-electron chi connectivity index (χ1n) is 4.73. The number of hydrogen-bond acceptors (Lipinski definition) is 5. The molecule has 14 heteroatoms. The molecule has 0 aromatic heterocycles. The van der Waals surface area contributed by atoms with E-state index in [2.05, 4.69) is 4.74 Å². The molecule has 0 aliphatic carbocycles. The second-order valence-corrected chi connectivity index (χ2v) is 6.10. The van der Waals surface area contributed by atoms with Gasteiger partial charge in [-0.1, -0.05) is 0 Å². The van der Waals surface area contributed by atoms with Gasteiger partial charge in [-0.3, -0.25) is 10.1 Å². The number of nitro groups is 1. The number of nitro benzene ring substituents is 1. The fourth-order valence-corrected chi connectivity index (χ4v) is 2.27. The van der Waals surface area contributed by atoms with Crippen LogP contribution in [-0.2, 0) is 15.2 Å². The molecule has 1 aromatic carbocycles. The molecular formula is C8H2ClF6NO5S. The summed E-state index contributed by atoms with van der Waals surface area (Å²) in [6.45, 7) is 0. The fourth-order valence-electron chi connectivity index (χ4n) is 1.29. The Hall–Kier alpha value is -1.76. The van der Waals surface area contributed by atoms with Gasteiger partial charge < -0.3 is 4.74 Å². The van der Waals surface area contributed by atoms with Crippen LogP contribution in [0.4, 0.5) is 32.0 Å². The molecule has 0 unspecified atom stereocenters. The van der Waals surface area contributed by atoms with Crippen molar-refractivity contribution in [1.29, 1.82) is 0 Å². The first-order chi connectivity index (χ1) is 9.63. The van der Waals surface area contributed by atoms with Crippen LogP contribution in [0.25, 0.3) is 0 Å². The second-order valence-electron chi connectivity index (χ2n) is 3.56. The normalized spacial score (nSPS) is 13.0. The van der Waals surface area contributed by atoms with Gasteiger partial charge >= 0.3 is 18.2 Å². The predicted molar refractivity (Wildman–Crippen MR) is 57.8 cm³/mol. The summed E-state index contributed by atoms with van der Waals surface area (Å²) >= 11 is 0. The third kappa shape index (κ3) is 4.37. The zero-order chi connectivity index (χ0) is 17.5. The lowest BCUT2D eigenvalue weighted by Crippen LogP contribution is -2.20. The van der Waals surface area contributed by atoms with Crippen molar-refractivity contribution in [3.63, 3.8) is 0 Å². The molecule has 0 radical (unpaired) electrons. The van der Waals surface area contributed by atoms with Crippen molar-refractivity contribution in [2.24, 2.45) is 0 Å². The van der Waals surface area contributed by atoms with Crippen molar-refractivity contribution in [1.82, 2.24) is 0 Å². The average Bonchev–Trinajstić information content (AvgIpc) is 2.23. The van der Waals surface area contributed by atoms with E-state index in [0.29, 0.717) is 0 Å². The summed E-state index contributed by atoms with van der Waals surface area (Å²) in [6, 6.07) is -0.594. The summed E-state index contributed by atoms with van der Waals surface area (Å²) < 4.78 is 99.6. The minimum absolute atomic E-state index is 0.295. The molecule has 1 aromatic rings. The van der Waals surface area contributed by atoms with Crippen LogP contribution in [-0.4, -0.2) is 19.7 Å². The Morgan fingerprint density at radius 1 is 1.14 bits per heavy atom. The highest BCUT2D eigenvalue weighted by Crippen LogP contribution is 2.43. The Morgan fingerprint density at radius 3 is 1.95 bits per heavy atom. The van der Waals surface area contributed by atoms with E-state index in [9.17, 15) is 44.9 Å². The van der Waals surface area contributed by atoms with Gasteiger partial charge in [-0.2, -0.15) is 13.2 Å². The van der Waals surface area contributed by atoms with Crippen LogP contribution < -0.4 is 4.74 Å². The quantitative estimate of drug-likeness (QED) is 0.350. The molecule has 0 saturated carbocycles. The molecule has 0 N–H and O–H groups in total. The van der Waals surface area contributed by atoms with Gasteiger partial charge in [0, 0.05) is 16.7 Å². The van der Waals surface area contributed by atoms with E-state index >= 15 is 0 Å². The van der Waals surface area contributed by atoms with Gasteiger partial charge in [0.15, 0.2) is 0 Å². The topological polar surface area (TPSA) is 86.5 Å². The molecule has 0 aliphatic heterocycles. The molecule has 6 nitrogen and oxygen atoms in total. The third-order valence-corrected chi connectivity index (χ3v) is 3.37. The molecule has 0 atom stereocenters. The van der Waals surface area contributed by atoms with Gasteiger partial charge in [0.1, 0.15) is 4.90 Å². The van der Waals surface area contributed by atoms with Crippen molar-refractivity contribution >= 4 is 25.4 Å². The number of halogens is 7. The molecule has 0 saturated heterocycles. The molecule has 0 bridgehead atoms. The molecule has 22 heavy (non-hydrogen) atoms. The second kappa shape index (κ2) is 5.46. The molecule has 0 heterocycles. The largest absolute Gasteiger partial charge is 0.573 e. The van der Waals surface area contributed by atoms with E-state index in [-0.39, 0.29) is 12.1 Å². The van der Waals surface area contributed by atoms with E-state index in [1.807, 2.05) is 0 Å². The summed E-state index contributed by atoms with van der Waals surface area (Å²) in [7, 11) is -0.476. The number of benzene rings is 1. The average molecular weight is 374 g/mol. The number of nitrogens with zero attached hydrogens (tertiary/aromatic N) is 1. The molecule has 0 spiro atoms.